The van der Waals surface area contributed by atoms with E-state index >= 15 is 0 Å². The second-order valence-corrected chi connectivity index (χ2v) is 8.04. The molecule has 0 radical (unpaired) electrons. The summed E-state index contributed by atoms with van der Waals surface area (Å²) in [6.45, 7) is 6.78. The normalized spacial score (nSPS) is 12.8. The SMILES string of the molecule is COCc1cc(NC(c2ccccc2)c2nccs2)nc(C(C)(C)C)n1. The van der Waals surface area contributed by atoms with Gasteiger partial charge in [-0.3, -0.25) is 0 Å². The van der Waals surface area contributed by atoms with E-state index in [0.29, 0.717) is 6.61 Å². The van der Waals surface area contributed by atoms with Crippen LogP contribution in [0.3, 0.4) is 0 Å². The van der Waals surface area contributed by atoms with Crippen LogP contribution in [-0.2, 0) is 16.8 Å². The molecule has 2 aromatic heterocycles. The summed E-state index contributed by atoms with van der Waals surface area (Å²) < 4.78 is 5.28. The number of aromatic nitrogens is 3. The molecule has 1 unspecified atom stereocenters. The number of hydrogen-bond acceptors (Lipinski definition) is 6. The predicted molar refractivity (Wildman–Crippen MR) is 105 cm³/mol. The first-order valence-electron chi connectivity index (χ1n) is 8.55. The van der Waals surface area contributed by atoms with Gasteiger partial charge in [-0.15, -0.1) is 11.3 Å². The van der Waals surface area contributed by atoms with Crippen LogP contribution in [0.5, 0.6) is 0 Å². The van der Waals surface area contributed by atoms with Gasteiger partial charge >= 0.3 is 0 Å². The molecular formula is C20H24N4OS. The van der Waals surface area contributed by atoms with Gasteiger partial charge in [0.15, 0.2) is 0 Å². The van der Waals surface area contributed by atoms with E-state index < -0.39 is 0 Å². The lowest BCUT2D eigenvalue weighted by Gasteiger charge is -2.22. The number of methoxy groups -OCH3 is 1. The number of thiazole rings is 1. The lowest BCUT2D eigenvalue weighted by molar-refractivity contribution is 0.181. The van der Waals surface area contributed by atoms with E-state index in [9.17, 15) is 0 Å². The van der Waals surface area contributed by atoms with Gasteiger partial charge in [0.25, 0.3) is 0 Å². The molecule has 136 valence electrons. The molecule has 0 aliphatic rings. The van der Waals surface area contributed by atoms with Crippen molar-refractivity contribution in [1.29, 1.82) is 0 Å². The van der Waals surface area contributed by atoms with Crippen LogP contribution in [0.4, 0.5) is 5.82 Å². The summed E-state index contributed by atoms with van der Waals surface area (Å²) in [6.07, 6.45) is 1.83. The van der Waals surface area contributed by atoms with Crippen molar-refractivity contribution in [2.24, 2.45) is 0 Å². The van der Waals surface area contributed by atoms with Crippen molar-refractivity contribution in [2.45, 2.75) is 38.8 Å². The molecule has 1 aromatic carbocycles. The maximum Gasteiger partial charge on any atom is 0.136 e. The molecule has 5 nitrogen and oxygen atoms in total. The molecule has 1 atom stereocenters. The van der Waals surface area contributed by atoms with Gasteiger partial charge in [-0.2, -0.15) is 0 Å². The minimum atomic E-state index is -0.149. The number of benzene rings is 1. The van der Waals surface area contributed by atoms with Crippen molar-refractivity contribution < 1.29 is 4.74 Å². The van der Waals surface area contributed by atoms with Crippen molar-refractivity contribution >= 4 is 17.2 Å². The minimum absolute atomic E-state index is 0.0608. The fourth-order valence-electron chi connectivity index (χ4n) is 2.59. The highest BCUT2D eigenvalue weighted by Gasteiger charge is 2.22. The third kappa shape index (κ3) is 4.45. The van der Waals surface area contributed by atoms with Crippen molar-refractivity contribution in [1.82, 2.24) is 15.0 Å². The van der Waals surface area contributed by atoms with Gasteiger partial charge in [-0.1, -0.05) is 51.1 Å². The standard InChI is InChI=1S/C20H24N4OS/c1-20(2,3)19-22-15(13-25-4)12-16(24-19)23-17(18-21-10-11-26-18)14-8-6-5-7-9-14/h5-12,17H,13H2,1-4H3,(H,22,23,24). The molecule has 0 aliphatic heterocycles. The van der Waals surface area contributed by atoms with Gasteiger partial charge in [0.2, 0.25) is 0 Å². The summed E-state index contributed by atoms with van der Waals surface area (Å²) in [5.41, 5.74) is 1.86. The molecule has 1 N–H and O–H groups in total. The second-order valence-electron chi connectivity index (χ2n) is 7.11. The highest BCUT2D eigenvalue weighted by molar-refractivity contribution is 7.09. The Morgan fingerprint density at radius 3 is 2.54 bits per heavy atom. The van der Waals surface area contributed by atoms with Crippen LogP contribution < -0.4 is 5.32 Å². The van der Waals surface area contributed by atoms with Crippen LogP contribution in [-0.4, -0.2) is 22.1 Å². The molecule has 0 fully saturated rings. The molecule has 0 amide bonds. The van der Waals surface area contributed by atoms with E-state index in [2.05, 4.69) is 48.2 Å². The van der Waals surface area contributed by atoms with Gasteiger partial charge in [0.05, 0.1) is 12.3 Å². The van der Waals surface area contributed by atoms with Crippen molar-refractivity contribution in [3.63, 3.8) is 0 Å². The van der Waals surface area contributed by atoms with E-state index in [1.54, 1.807) is 18.4 Å². The van der Waals surface area contributed by atoms with E-state index in [1.807, 2.05) is 35.8 Å². The Balaban J connectivity index is 2.00. The smallest absolute Gasteiger partial charge is 0.136 e. The number of ether oxygens (including phenoxy) is 1. The van der Waals surface area contributed by atoms with E-state index in [1.165, 1.54) is 0 Å². The Kier molecular flexibility index (Phi) is 5.64. The van der Waals surface area contributed by atoms with Crippen LogP contribution in [0.15, 0.2) is 48.0 Å². The quantitative estimate of drug-likeness (QED) is 0.690. The molecule has 2 heterocycles. The Labute approximate surface area is 158 Å². The first-order chi connectivity index (χ1) is 12.5. The maximum atomic E-state index is 5.28. The van der Waals surface area contributed by atoms with Crippen molar-refractivity contribution in [2.75, 3.05) is 12.4 Å². The topological polar surface area (TPSA) is 59.9 Å². The summed E-state index contributed by atoms with van der Waals surface area (Å²) >= 11 is 1.63. The lowest BCUT2D eigenvalue weighted by Crippen LogP contribution is -2.20. The minimum Gasteiger partial charge on any atom is -0.378 e. The summed E-state index contributed by atoms with van der Waals surface area (Å²) in [5.74, 6) is 1.57. The number of rotatable bonds is 6. The molecule has 0 bridgehead atoms. The highest BCUT2D eigenvalue weighted by Crippen LogP contribution is 2.29. The fourth-order valence-corrected chi connectivity index (χ4v) is 3.30. The molecule has 0 spiro atoms. The lowest BCUT2D eigenvalue weighted by atomic mass is 9.95. The summed E-state index contributed by atoms with van der Waals surface area (Å²) in [7, 11) is 1.67. The number of anilines is 1. The van der Waals surface area contributed by atoms with Gasteiger partial charge in [0, 0.05) is 30.2 Å². The number of nitrogens with zero attached hydrogens (tertiary/aromatic N) is 3. The zero-order chi connectivity index (χ0) is 18.6. The van der Waals surface area contributed by atoms with E-state index in [-0.39, 0.29) is 11.5 Å². The third-order valence-electron chi connectivity index (χ3n) is 3.87. The van der Waals surface area contributed by atoms with Gasteiger partial charge < -0.3 is 10.1 Å². The second kappa shape index (κ2) is 7.93. The van der Waals surface area contributed by atoms with Crippen LogP contribution in [0, 0.1) is 0 Å². The predicted octanol–water partition coefficient (Wildman–Crippen LogP) is 4.58. The average molecular weight is 369 g/mol. The first-order valence-corrected chi connectivity index (χ1v) is 9.43. The van der Waals surface area contributed by atoms with Crippen LogP contribution >= 0.6 is 11.3 Å². The summed E-state index contributed by atoms with van der Waals surface area (Å²) in [4.78, 5) is 13.9. The van der Waals surface area contributed by atoms with Crippen LogP contribution in [0.1, 0.15) is 48.9 Å². The molecule has 3 rings (SSSR count). The molecule has 0 saturated carbocycles. The molecular weight excluding hydrogens is 344 g/mol. The maximum absolute atomic E-state index is 5.28. The van der Waals surface area contributed by atoms with Crippen LogP contribution in [0.25, 0.3) is 0 Å². The molecule has 26 heavy (non-hydrogen) atoms. The molecule has 0 aliphatic carbocycles. The van der Waals surface area contributed by atoms with Crippen molar-refractivity contribution in [3.8, 4) is 0 Å². The monoisotopic (exact) mass is 368 g/mol. The Morgan fingerprint density at radius 1 is 1.15 bits per heavy atom. The van der Waals surface area contributed by atoms with Crippen LogP contribution in [0.2, 0.25) is 0 Å². The van der Waals surface area contributed by atoms with E-state index in [0.717, 1.165) is 27.9 Å². The number of nitrogens with one attached hydrogen (secondary N) is 1. The Bertz CT molecular complexity index is 829. The average Bonchev–Trinajstić information content (AvgIpc) is 3.14. The van der Waals surface area contributed by atoms with Gasteiger partial charge in [0.1, 0.15) is 22.7 Å². The first kappa shape index (κ1) is 18.5. The van der Waals surface area contributed by atoms with E-state index in [4.69, 9.17) is 9.72 Å². The zero-order valence-corrected chi connectivity index (χ0v) is 16.4. The number of hydrogen-bond donors (Lipinski definition) is 1. The van der Waals surface area contributed by atoms with Gasteiger partial charge in [-0.05, 0) is 5.56 Å². The molecule has 6 heteroatoms. The largest absolute Gasteiger partial charge is 0.378 e. The summed E-state index contributed by atoms with van der Waals surface area (Å²) in [6, 6.07) is 12.2. The Hall–Kier alpha value is -2.31. The van der Waals surface area contributed by atoms with Gasteiger partial charge in [-0.25, -0.2) is 15.0 Å². The van der Waals surface area contributed by atoms with Crippen molar-refractivity contribution in [3.05, 3.63) is 70.1 Å². The molecule has 0 saturated heterocycles. The molecule has 3 aromatic rings. The summed E-state index contributed by atoms with van der Waals surface area (Å²) in [5, 5.41) is 6.54. The Morgan fingerprint density at radius 2 is 1.92 bits per heavy atom. The fraction of sp³-hybridized carbons (Fsp3) is 0.350. The highest BCUT2D eigenvalue weighted by atomic mass is 32.1. The third-order valence-corrected chi connectivity index (χ3v) is 4.71. The zero-order valence-electron chi connectivity index (χ0n) is 15.6.